The number of nitrogens with zero attached hydrogens (tertiary/aromatic N) is 2. The average Bonchev–Trinajstić information content (AvgIpc) is 2.40. The van der Waals surface area contributed by atoms with Gasteiger partial charge in [-0.15, -0.1) is 0 Å². The van der Waals surface area contributed by atoms with Crippen LogP contribution in [0.25, 0.3) is 0 Å². The van der Waals surface area contributed by atoms with E-state index < -0.39 is 0 Å². The lowest BCUT2D eigenvalue weighted by molar-refractivity contribution is -0.136. The van der Waals surface area contributed by atoms with Crippen molar-refractivity contribution in [3.05, 3.63) is 30.3 Å². The molecule has 0 N–H and O–H groups in total. The minimum atomic E-state index is 0.0913. The first-order valence-corrected chi connectivity index (χ1v) is 6.03. The number of hydrogen-bond donors (Lipinski definition) is 0. The van der Waals surface area contributed by atoms with Gasteiger partial charge in [0.1, 0.15) is 6.61 Å². The summed E-state index contributed by atoms with van der Waals surface area (Å²) in [4.78, 5) is 15.8. The minimum absolute atomic E-state index is 0.0913. The van der Waals surface area contributed by atoms with Crippen LogP contribution < -0.4 is 0 Å². The van der Waals surface area contributed by atoms with Gasteiger partial charge in [-0.1, -0.05) is 12.2 Å². The van der Waals surface area contributed by atoms with Crippen LogP contribution in [0.2, 0.25) is 0 Å². The molecule has 0 unspecified atom stereocenters. The number of amides is 1. The molecule has 0 bridgehead atoms. The highest BCUT2D eigenvalue weighted by Gasteiger charge is 2.21. The summed E-state index contributed by atoms with van der Waals surface area (Å²) < 4.78 is 4.87. The first-order chi connectivity index (χ1) is 8.31. The van der Waals surface area contributed by atoms with Crippen molar-refractivity contribution in [1.82, 2.24) is 9.80 Å². The van der Waals surface area contributed by atoms with Gasteiger partial charge in [0.15, 0.2) is 0 Å². The van der Waals surface area contributed by atoms with E-state index in [9.17, 15) is 4.79 Å². The van der Waals surface area contributed by atoms with Crippen molar-refractivity contribution in [3.8, 4) is 0 Å². The van der Waals surface area contributed by atoms with E-state index in [1.165, 1.54) is 5.70 Å². The summed E-state index contributed by atoms with van der Waals surface area (Å²) in [5, 5.41) is 0. The van der Waals surface area contributed by atoms with E-state index in [1.54, 1.807) is 7.11 Å². The SMILES string of the molecule is COCC(=O)N1CCN(C2=CC[CH]C=C2)CC1. The van der Waals surface area contributed by atoms with E-state index in [1.807, 2.05) is 4.90 Å². The molecular formula is C13H19N2O2. The van der Waals surface area contributed by atoms with Crippen molar-refractivity contribution < 1.29 is 9.53 Å². The van der Waals surface area contributed by atoms with Crippen LogP contribution in [0.4, 0.5) is 0 Å². The van der Waals surface area contributed by atoms with Crippen LogP contribution in [0.3, 0.4) is 0 Å². The van der Waals surface area contributed by atoms with Gasteiger partial charge in [-0.25, -0.2) is 0 Å². The molecule has 0 aromatic rings. The maximum absolute atomic E-state index is 11.6. The average molecular weight is 235 g/mol. The Morgan fingerprint density at radius 2 is 2.12 bits per heavy atom. The first-order valence-electron chi connectivity index (χ1n) is 6.03. The van der Waals surface area contributed by atoms with Gasteiger partial charge in [0.25, 0.3) is 0 Å². The van der Waals surface area contributed by atoms with E-state index in [-0.39, 0.29) is 12.5 Å². The van der Waals surface area contributed by atoms with Crippen LogP contribution in [0.15, 0.2) is 23.9 Å². The van der Waals surface area contributed by atoms with E-state index in [2.05, 4.69) is 29.5 Å². The lowest BCUT2D eigenvalue weighted by atomic mass is 10.1. The summed E-state index contributed by atoms with van der Waals surface area (Å²) in [5.74, 6) is 0.0913. The van der Waals surface area contributed by atoms with Gasteiger partial charge >= 0.3 is 0 Å². The van der Waals surface area contributed by atoms with Crippen LogP contribution in [-0.2, 0) is 9.53 Å². The van der Waals surface area contributed by atoms with E-state index in [0.717, 1.165) is 32.6 Å². The highest BCUT2D eigenvalue weighted by atomic mass is 16.5. The number of carbonyl (C=O) groups is 1. The Labute approximate surface area is 103 Å². The second-order valence-electron chi connectivity index (χ2n) is 4.26. The highest BCUT2D eigenvalue weighted by Crippen LogP contribution is 2.16. The molecule has 1 aliphatic heterocycles. The van der Waals surface area contributed by atoms with Crippen LogP contribution in [0.1, 0.15) is 6.42 Å². The maximum Gasteiger partial charge on any atom is 0.248 e. The second-order valence-corrected chi connectivity index (χ2v) is 4.26. The van der Waals surface area contributed by atoms with Crippen molar-refractivity contribution in [2.24, 2.45) is 0 Å². The second kappa shape index (κ2) is 5.87. The van der Waals surface area contributed by atoms with Crippen molar-refractivity contribution in [3.63, 3.8) is 0 Å². The number of carbonyl (C=O) groups excluding carboxylic acids is 1. The summed E-state index contributed by atoms with van der Waals surface area (Å²) in [6.07, 6.45) is 9.61. The van der Waals surface area contributed by atoms with Crippen molar-refractivity contribution in [2.75, 3.05) is 39.9 Å². The molecule has 93 valence electrons. The molecule has 0 spiro atoms. The Morgan fingerprint density at radius 3 is 2.71 bits per heavy atom. The quantitative estimate of drug-likeness (QED) is 0.726. The predicted molar refractivity (Wildman–Crippen MR) is 66.2 cm³/mol. The third kappa shape index (κ3) is 3.09. The summed E-state index contributed by atoms with van der Waals surface area (Å²) in [6.45, 7) is 3.59. The molecule has 1 aliphatic carbocycles. The molecule has 0 aromatic heterocycles. The first kappa shape index (κ1) is 12.2. The Kier molecular flexibility index (Phi) is 4.20. The van der Waals surface area contributed by atoms with E-state index in [0.29, 0.717) is 0 Å². The van der Waals surface area contributed by atoms with Crippen LogP contribution >= 0.6 is 0 Å². The Morgan fingerprint density at radius 1 is 1.35 bits per heavy atom. The number of rotatable bonds is 3. The molecular weight excluding hydrogens is 216 g/mol. The molecule has 4 heteroatoms. The smallest absolute Gasteiger partial charge is 0.248 e. The highest BCUT2D eigenvalue weighted by molar-refractivity contribution is 5.77. The molecule has 0 aromatic carbocycles. The molecule has 1 amide bonds. The van der Waals surface area contributed by atoms with Crippen LogP contribution in [0.5, 0.6) is 0 Å². The molecule has 1 fully saturated rings. The van der Waals surface area contributed by atoms with Gasteiger partial charge in [0, 0.05) is 39.0 Å². The number of hydrogen-bond acceptors (Lipinski definition) is 3. The third-order valence-corrected chi connectivity index (χ3v) is 3.13. The Balaban J connectivity index is 1.83. The maximum atomic E-state index is 11.6. The molecule has 2 rings (SSSR count). The predicted octanol–water partition coefficient (Wildman–Crippen LogP) is 0.825. The molecule has 2 aliphatic rings. The molecule has 1 saturated heterocycles. The lowest BCUT2D eigenvalue weighted by Gasteiger charge is -2.37. The number of piperazine rings is 1. The van der Waals surface area contributed by atoms with Gasteiger partial charge < -0.3 is 14.5 Å². The van der Waals surface area contributed by atoms with E-state index in [4.69, 9.17) is 4.74 Å². The molecule has 1 heterocycles. The number of methoxy groups -OCH3 is 1. The standard InChI is InChI=1S/C13H19N2O2/c1-17-11-13(16)15-9-7-14(8-10-15)12-5-3-2-4-6-12/h2-3,5-6H,4,7-11H2,1H3. The molecule has 4 nitrogen and oxygen atoms in total. The van der Waals surface area contributed by atoms with Gasteiger partial charge in [-0.2, -0.15) is 0 Å². The number of ether oxygens (including phenoxy) is 1. The van der Waals surface area contributed by atoms with E-state index >= 15 is 0 Å². The summed E-state index contributed by atoms with van der Waals surface area (Å²) >= 11 is 0. The van der Waals surface area contributed by atoms with Crippen molar-refractivity contribution in [1.29, 1.82) is 0 Å². The van der Waals surface area contributed by atoms with Crippen LogP contribution in [0, 0.1) is 6.42 Å². The lowest BCUT2D eigenvalue weighted by Crippen LogP contribution is -2.49. The fourth-order valence-corrected chi connectivity index (χ4v) is 2.17. The summed E-state index contributed by atoms with van der Waals surface area (Å²) in [5.41, 5.74) is 1.28. The minimum Gasteiger partial charge on any atom is -0.375 e. The fourth-order valence-electron chi connectivity index (χ4n) is 2.17. The zero-order valence-electron chi connectivity index (χ0n) is 10.3. The van der Waals surface area contributed by atoms with Gasteiger partial charge in [-0.05, 0) is 18.9 Å². The number of allylic oxidation sites excluding steroid dienone is 3. The topological polar surface area (TPSA) is 32.8 Å². The third-order valence-electron chi connectivity index (χ3n) is 3.13. The van der Waals surface area contributed by atoms with Gasteiger partial charge in [0.05, 0.1) is 0 Å². The summed E-state index contributed by atoms with van der Waals surface area (Å²) in [6, 6.07) is 0. The zero-order chi connectivity index (χ0) is 12.1. The van der Waals surface area contributed by atoms with Gasteiger partial charge in [0.2, 0.25) is 5.91 Å². The molecule has 17 heavy (non-hydrogen) atoms. The Bertz CT molecular complexity index is 328. The van der Waals surface area contributed by atoms with Crippen molar-refractivity contribution >= 4 is 5.91 Å². The monoisotopic (exact) mass is 235 g/mol. The fraction of sp³-hybridized carbons (Fsp3) is 0.538. The Hall–Kier alpha value is -1.29. The normalized spacial score (nSPS) is 20.4. The van der Waals surface area contributed by atoms with Crippen LogP contribution in [-0.4, -0.2) is 55.6 Å². The molecule has 0 atom stereocenters. The molecule has 1 radical (unpaired) electrons. The van der Waals surface area contributed by atoms with Crippen molar-refractivity contribution in [2.45, 2.75) is 6.42 Å². The largest absolute Gasteiger partial charge is 0.375 e. The zero-order valence-corrected chi connectivity index (χ0v) is 10.3. The summed E-state index contributed by atoms with van der Waals surface area (Å²) in [7, 11) is 1.56. The molecule has 0 saturated carbocycles. The van der Waals surface area contributed by atoms with Gasteiger partial charge in [-0.3, -0.25) is 4.79 Å².